The molecule has 0 unspecified atom stereocenters. The van der Waals surface area contributed by atoms with Crippen molar-refractivity contribution in [1.82, 2.24) is 0 Å². The van der Waals surface area contributed by atoms with Crippen LogP contribution in [0.3, 0.4) is 0 Å². The molecule has 6 heteroatoms. The Balaban J connectivity index is 1.97. The van der Waals surface area contributed by atoms with Crippen molar-refractivity contribution in [2.75, 3.05) is 7.11 Å². The minimum atomic E-state index is -0.663. The summed E-state index contributed by atoms with van der Waals surface area (Å²) in [5.41, 5.74) is 0.362. The zero-order chi connectivity index (χ0) is 18.0. The Kier molecular flexibility index (Phi) is 4.90. The van der Waals surface area contributed by atoms with E-state index in [1.54, 1.807) is 25.1 Å². The van der Waals surface area contributed by atoms with Crippen LogP contribution >= 0.6 is 0 Å². The molecule has 1 saturated heterocycles. The minimum absolute atomic E-state index is 0.00438. The molecule has 0 aliphatic carbocycles. The van der Waals surface area contributed by atoms with Gasteiger partial charge in [0.1, 0.15) is 29.3 Å². The van der Waals surface area contributed by atoms with Gasteiger partial charge in [-0.2, -0.15) is 0 Å². The van der Waals surface area contributed by atoms with Crippen LogP contribution in [0.5, 0.6) is 11.5 Å². The molecule has 2 aliphatic heterocycles. The van der Waals surface area contributed by atoms with Gasteiger partial charge in [0.05, 0.1) is 13.2 Å². The molecule has 0 bridgehead atoms. The van der Waals surface area contributed by atoms with Crippen molar-refractivity contribution in [3.63, 3.8) is 0 Å². The first-order valence-corrected chi connectivity index (χ1v) is 8.12. The predicted molar refractivity (Wildman–Crippen MR) is 89.8 cm³/mol. The van der Waals surface area contributed by atoms with E-state index in [0.29, 0.717) is 17.7 Å². The van der Waals surface area contributed by atoms with Crippen molar-refractivity contribution in [3.05, 3.63) is 47.6 Å². The fraction of sp³-hybridized carbons (Fsp3) is 0.368. The van der Waals surface area contributed by atoms with Crippen molar-refractivity contribution in [2.24, 2.45) is 0 Å². The van der Waals surface area contributed by atoms with Gasteiger partial charge in [0.15, 0.2) is 5.78 Å². The lowest BCUT2D eigenvalue weighted by molar-refractivity contribution is -0.114. The topological polar surface area (TPSA) is 85.4 Å². The van der Waals surface area contributed by atoms with Crippen LogP contribution in [0.1, 0.15) is 29.3 Å². The number of cyclic esters (lactones) is 1. The van der Waals surface area contributed by atoms with Gasteiger partial charge < -0.3 is 19.3 Å². The third-order valence-electron chi connectivity index (χ3n) is 4.17. The maximum Gasteiger partial charge on any atom is 0.342 e. The molecule has 0 radical (unpaired) electrons. The number of hydrogen-bond acceptors (Lipinski definition) is 6. The van der Waals surface area contributed by atoms with E-state index in [4.69, 9.17) is 14.2 Å². The Bertz CT molecular complexity index is 749. The number of ether oxygens (including phenoxy) is 3. The lowest BCUT2D eigenvalue weighted by Gasteiger charge is -2.16. The van der Waals surface area contributed by atoms with E-state index in [1.165, 1.54) is 19.3 Å². The lowest BCUT2D eigenvalue weighted by Crippen LogP contribution is -2.19. The van der Waals surface area contributed by atoms with E-state index in [2.05, 4.69) is 0 Å². The molecular formula is C19H20O6. The Morgan fingerprint density at radius 1 is 1.24 bits per heavy atom. The van der Waals surface area contributed by atoms with E-state index in [1.807, 2.05) is 6.08 Å². The molecule has 3 atom stereocenters. The van der Waals surface area contributed by atoms with Gasteiger partial charge in [-0.1, -0.05) is 18.2 Å². The molecule has 3 rings (SSSR count). The number of ketones is 1. The SMILES string of the molecule is COc1cc(O)c2c(c1)CC(=O)/C=C/C=C\[C@@H]1O[C@H]1C[C@@H](C)OC2=O. The van der Waals surface area contributed by atoms with Crippen LogP contribution < -0.4 is 4.74 Å². The first kappa shape index (κ1) is 17.2. The fourth-order valence-corrected chi connectivity index (χ4v) is 2.87. The number of aromatic hydroxyl groups is 1. The molecule has 2 heterocycles. The summed E-state index contributed by atoms with van der Waals surface area (Å²) < 4.78 is 16.0. The average Bonchev–Trinajstić information content (AvgIpc) is 3.27. The molecule has 25 heavy (non-hydrogen) atoms. The number of esters is 1. The molecule has 0 aromatic heterocycles. The number of fused-ring (bicyclic) bond motifs is 2. The number of methoxy groups -OCH3 is 1. The van der Waals surface area contributed by atoms with Crippen LogP contribution in [-0.4, -0.2) is 42.3 Å². The largest absolute Gasteiger partial charge is 0.507 e. The standard InChI is InChI=1S/C19H20O6/c1-11-7-17-16(25-17)6-4-3-5-13(20)8-12-9-14(23-2)10-15(21)18(12)19(22)24-11/h3-6,9-11,16-17,21H,7-8H2,1-2H3/b5-3+,6-4-/t11-,16+,17+/m1/s1. The number of phenols is 1. The van der Waals surface area contributed by atoms with Gasteiger partial charge in [-0.25, -0.2) is 4.79 Å². The molecule has 1 fully saturated rings. The third-order valence-corrected chi connectivity index (χ3v) is 4.17. The highest BCUT2D eigenvalue weighted by Gasteiger charge is 2.38. The van der Waals surface area contributed by atoms with Crippen LogP contribution in [-0.2, 0) is 20.7 Å². The number of phenolic OH excluding ortho intramolecular Hbond substituents is 1. The Morgan fingerprint density at radius 3 is 2.80 bits per heavy atom. The molecular weight excluding hydrogens is 324 g/mol. The van der Waals surface area contributed by atoms with Crippen molar-refractivity contribution in [1.29, 1.82) is 0 Å². The summed E-state index contributed by atoms with van der Waals surface area (Å²) in [6, 6.07) is 2.89. The Morgan fingerprint density at radius 2 is 2.04 bits per heavy atom. The van der Waals surface area contributed by atoms with Gasteiger partial charge in [0.2, 0.25) is 0 Å². The number of rotatable bonds is 1. The number of hydrogen-bond donors (Lipinski definition) is 1. The highest BCUT2D eigenvalue weighted by molar-refractivity contribution is 5.98. The molecule has 1 aromatic carbocycles. The molecule has 1 N–H and O–H groups in total. The molecule has 0 amide bonds. The van der Waals surface area contributed by atoms with Crippen LogP contribution in [0, 0.1) is 0 Å². The van der Waals surface area contributed by atoms with Gasteiger partial charge in [0.25, 0.3) is 0 Å². The predicted octanol–water partition coefficient (Wildman–Crippen LogP) is 2.34. The molecule has 132 valence electrons. The molecule has 0 saturated carbocycles. The summed E-state index contributed by atoms with van der Waals surface area (Å²) in [6.45, 7) is 1.78. The van der Waals surface area contributed by atoms with E-state index < -0.39 is 5.97 Å². The number of epoxide rings is 1. The van der Waals surface area contributed by atoms with E-state index in [0.717, 1.165) is 0 Å². The normalized spacial score (nSPS) is 28.8. The maximum atomic E-state index is 12.5. The average molecular weight is 344 g/mol. The first-order valence-electron chi connectivity index (χ1n) is 8.12. The fourth-order valence-electron chi connectivity index (χ4n) is 2.87. The van der Waals surface area contributed by atoms with Crippen LogP contribution in [0.15, 0.2) is 36.4 Å². The van der Waals surface area contributed by atoms with Crippen molar-refractivity contribution >= 4 is 11.8 Å². The summed E-state index contributed by atoms with van der Waals surface area (Å²) in [6.07, 6.45) is 6.84. The van der Waals surface area contributed by atoms with Crippen molar-refractivity contribution < 1.29 is 28.9 Å². The highest BCUT2D eigenvalue weighted by atomic mass is 16.6. The number of carbonyl (C=O) groups is 2. The van der Waals surface area contributed by atoms with Crippen molar-refractivity contribution in [3.8, 4) is 11.5 Å². The molecule has 6 nitrogen and oxygen atoms in total. The van der Waals surface area contributed by atoms with Crippen LogP contribution in [0.25, 0.3) is 0 Å². The number of benzene rings is 1. The zero-order valence-electron chi connectivity index (χ0n) is 14.1. The first-order chi connectivity index (χ1) is 12.0. The zero-order valence-corrected chi connectivity index (χ0v) is 14.1. The van der Waals surface area contributed by atoms with E-state index in [-0.39, 0.29) is 41.8 Å². The molecule has 1 aromatic rings. The third kappa shape index (κ3) is 4.09. The summed E-state index contributed by atoms with van der Waals surface area (Å²) in [7, 11) is 1.45. The van der Waals surface area contributed by atoms with Crippen LogP contribution in [0.4, 0.5) is 0 Å². The second kappa shape index (κ2) is 7.11. The lowest BCUT2D eigenvalue weighted by atomic mass is 10.00. The maximum absolute atomic E-state index is 12.5. The van der Waals surface area contributed by atoms with Crippen molar-refractivity contribution in [2.45, 2.75) is 38.1 Å². The van der Waals surface area contributed by atoms with Crippen LogP contribution in [0.2, 0.25) is 0 Å². The highest BCUT2D eigenvalue weighted by Crippen LogP contribution is 2.32. The summed E-state index contributed by atoms with van der Waals surface area (Å²) >= 11 is 0. The van der Waals surface area contributed by atoms with Gasteiger partial charge >= 0.3 is 5.97 Å². The quantitative estimate of drug-likeness (QED) is 0.622. The minimum Gasteiger partial charge on any atom is -0.507 e. The van der Waals surface area contributed by atoms with Gasteiger partial charge in [-0.05, 0) is 24.6 Å². The van der Waals surface area contributed by atoms with E-state index in [9.17, 15) is 14.7 Å². The second-order valence-corrected chi connectivity index (χ2v) is 6.16. The monoisotopic (exact) mass is 344 g/mol. The molecule has 0 spiro atoms. The molecule has 2 aliphatic rings. The second-order valence-electron chi connectivity index (χ2n) is 6.16. The summed E-state index contributed by atoms with van der Waals surface area (Å²) in [4.78, 5) is 24.7. The van der Waals surface area contributed by atoms with Gasteiger partial charge in [0, 0.05) is 18.9 Å². The Hall–Kier alpha value is -2.60. The number of allylic oxidation sites excluding steroid dienone is 3. The summed E-state index contributed by atoms with van der Waals surface area (Å²) in [5, 5.41) is 10.2. The van der Waals surface area contributed by atoms with Gasteiger partial charge in [-0.15, -0.1) is 0 Å². The number of carbonyl (C=O) groups excluding carboxylic acids is 2. The van der Waals surface area contributed by atoms with E-state index >= 15 is 0 Å². The van der Waals surface area contributed by atoms with Gasteiger partial charge in [-0.3, -0.25) is 4.79 Å². The smallest absolute Gasteiger partial charge is 0.342 e. The Labute approximate surface area is 145 Å². The summed E-state index contributed by atoms with van der Waals surface area (Å²) in [5.74, 6) is -0.769.